The maximum atomic E-state index is 12.6. The van der Waals surface area contributed by atoms with E-state index in [-0.39, 0.29) is 11.9 Å². The Morgan fingerprint density at radius 1 is 0.914 bits per heavy atom. The standard InChI is InChI=1S/C16H17N3O2.2C2HF3O2/c20-15-5-8-19(16(21)13-4-2-7-18-11-13)14(15)9-12-3-1-6-17-10-12;2*3-2(4,5)1(6)7/h1-4,6-7,10-11,14-15,20H,5,8-9H2;2*(H,6,7)/t14-,15-;;/m0../s1. The summed E-state index contributed by atoms with van der Waals surface area (Å²) in [6.45, 7) is 0.569. The van der Waals surface area contributed by atoms with Crippen LogP contribution in [0.5, 0.6) is 0 Å². The summed E-state index contributed by atoms with van der Waals surface area (Å²) in [4.78, 5) is 40.2. The average molecular weight is 511 g/mol. The van der Waals surface area contributed by atoms with Gasteiger partial charge in [-0.1, -0.05) is 6.07 Å². The fourth-order valence-corrected chi connectivity index (χ4v) is 2.75. The molecule has 0 aliphatic carbocycles. The second kappa shape index (κ2) is 12.6. The van der Waals surface area contributed by atoms with Crippen LogP contribution >= 0.6 is 0 Å². The van der Waals surface area contributed by atoms with Crippen LogP contribution in [0, 0.1) is 0 Å². The maximum absolute atomic E-state index is 12.6. The lowest BCUT2D eigenvalue weighted by atomic mass is 10.0. The lowest BCUT2D eigenvalue weighted by molar-refractivity contribution is -0.193. The summed E-state index contributed by atoms with van der Waals surface area (Å²) in [6.07, 6.45) is -2.74. The highest BCUT2D eigenvalue weighted by Gasteiger charge is 2.39. The summed E-state index contributed by atoms with van der Waals surface area (Å²) in [5.41, 5.74) is 1.58. The van der Waals surface area contributed by atoms with Crippen molar-refractivity contribution in [2.24, 2.45) is 0 Å². The number of halogens is 6. The number of nitrogens with zero attached hydrogens (tertiary/aromatic N) is 3. The van der Waals surface area contributed by atoms with E-state index in [9.17, 15) is 36.2 Å². The first-order valence-electron chi connectivity index (χ1n) is 9.52. The molecule has 0 saturated carbocycles. The molecule has 35 heavy (non-hydrogen) atoms. The van der Waals surface area contributed by atoms with E-state index in [2.05, 4.69) is 9.97 Å². The van der Waals surface area contributed by atoms with Gasteiger partial charge in [0.15, 0.2) is 0 Å². The van der Waals surface area contributed by atoms with E-state index >= 15 is 0 Å². The molecular formula is C20H19F6N3O6. The van der Waals surface area contributed by atoms with Gasteiger partial charge in [-0.25, -0.2) is 9.59 Å². The van der Waals surface area contributed by atoms with Gasteiger partial charge in [-0.15, -0.1) is 0 Å². The van der Waals surface area contributed by atoms with Crippen molar-refractivity contribution in [3.05, 3.63) is 60.2 Å². The Bertz CT molecular complexity index is 949. The first kappa shape index (κ1) is 29.3. The van der Waals surface area contributed by atoms with Crippen molar-refractivity contribution in [3.8, 4) is 0 Å². The van der Waals surface area contributed by atoms with Gasteiger partial charge in [-0.3, -0.25) is 14.8 Å². The van der Waals surface area contributed by atoms with Gasteiger partial charge >= 0.3 is 24.3 Å². The molecule has 2 atom stereocenters. The third-order valence-electron chi connectivity index (χ3n) is 4.33. The number of aliphatic carboxylic acids is 2. The maximum Gasteiger partial charge on any atom is 0.490 e. The third kappa shape index (κ3) is 9.95. The molecule has 1 saturated heterocycles. The van der Waals surface area contributed by atoms with E-state index in [0.29, 0.717) is 24.9 Å². The predicted octanol–water partition coefficient (Wildman–Crippen LogP) is 2.56. The number of aromatic nitrogens is 2. The molecule has 0 spiro atoms. The molecule has 3 heterocycles. The van der Waals surface area contributed by atoms with Crippen LogP contribution in [0.1, 0.15) is 22.3 Å². The van der Waals surface area contributed by atoms with Gasteiger partial charge in [0.05, 0.1) is 17.7 Å². The van der Waals surface area contributed by atoms with Crippen LogP contribution in [0.25, 0.3) is 0 Å². The zero-order valence-corrected chi connectivity index (χ0v) is 17.6. The summed E-state index contributed by atoms with van der Waals surface area (Å²) in [6, 6.07) is 7.12. The van der Waals surface area contributed by atoms with Crippen molar-refractivity contribution in [1.29, 1.82) is 0 Å². The highest BCUT2D eigenvalue weighted by atomic mass is 19.4. The Kier molecular flexibility index (Phi) is 10.6. The number of alkyl halides is 6. The summed E-state index contributed by atoms with van der Waals surface area (Å²) in [5, 5.41) is 24.4. The minimum atomic E-state index is -5.08. The summed E-state index contributed by atoms with van der Waals surface area (Å²) < 4.78 is 63.5. The molecule has 3 rings (SSSR count). The largest absolute Gasteiger partial charge is 0.490 e. The third-order valence-corrected chi connectivity index (χ3v) is 4.33. The SMILES string of the molecule is O=C(O)C(F)(F)F.O=C(O)C(F)(F)F.O=C(c1cccnc1)N1CC[C@H](O)[C@@H]1Cc1cccnc1. The lowest BCUT2D eigenvalue weighted by Gasteiger charge is -2.26. The average Bonchev–Trinajstić information content (AvgIpc) is 3.14. The van der Waals surface area contributed by atoms with Gasteiger partial charge in [0.1, 0.15) is 0 Å². The molecule has 0 unspecified atom stereocenters. The topological polar surface area (TPSA) is 141 Å². The number of hydrogen-bond donors (Lipinski definition) is 3. The molecule has 9 nitrogen and oxygen atoms in total. The second-order valence-electron chi connectivity index (χ2n) is 6.83. The van der Waals surface area contributed by atoms with Crippen molar-refractivity contribution in [2.75, 3.05) is 6.54 Å². The Hall–Kier alpha value is -3.75. The number of pyridine rings is 2. The first-order chi connectivity index (χ1) is 16.1. The van der Waals surface area contributed by atoms with E-state index in [1.165, 1.54) is 0 Å². The van der Waals surface area contributed by atoms with Crippen LogP contribution in [-0.2, 0) is 16.0 Å². The van der Waals surface area contributed by atoms with E-state index in [4.69, 9.17) is 19.8 Å². The molecule has 192 valence electrons. The fraction of sp³-hybridized carbons (Fsp3) is 0.350. The smallest absolute Gasteiger partial charge is 0.475 e. The van der Waals surface area contributed by atoms with Gasteiger partial charge in [0.2, 0.25) is 0 Å². The molecule has 1 aliphatic rings. The molecule has 0 radical (unpaired) electrons. The summed E-state index contributed by atoms with van der Waals surface area (Å²) in [7, 11) is 0. The molecule has 15 heteroatoms. The van der Waals surface area contributed by atoms with E-state index in [0.717, 1.165) is 5.56 Å². The van der Waals surface area contributed by atoms with Crippen LogP contribution in [0.4, 0.5) is 26.3 Å². The molecule has 0 aromatic carbocycles. The van der Waals surface area contributed by atoms with Gasteiger partial charge in [-0.05, 0) is 36.6 Å². The van der Waals surface area contributed by atoms with Crippen molar-refractivity contribution in [1.82, 2.24) is 14.9 Å². The minimum absolute atomic E-state index is 0.0754. The number of carboxylic acid groups (broad SMARTS) is 2. The van der Waals surface area contributed by atoms with Crippen LogP contribution < -0.4 is 0 Å². The highest BCUT2D eigenvalue weighted by Crippen LogP contribution is 2.23. The first-order valence-corrected chi connectivity index (χ1v) is 9.52. The highest BCUT2D eigenvalue weighted by molar-refractivity contribution is 5.94. The number of hydrogen-bond acceptors (Lipinski definition) is 6. The van der Waals surface area contributed by atoms with Crippen molar-refractivity contribution < 1.29 is 56.0 Å². The number of rotatable bonds is 3. The molecule has 2 aromatic rings. The Morgan fingerprint density at radius 3 is 1.80 bits per heavy atom. The zero-order valence-electron chi connectivity index (χ0n) is 17.6. The molecular weight excluding hydrogens is 492 g/mol. The molecule has 0 bridgehead atoms. The van der Waals surface area contributed by atoms with Crippen LogP contribution in [0.15, 0.2) is 49.1 Å². The zero-order chi connectivity index (χ0) is 26.8. The Morgan fingerprint density at radius 2 is 1.40 bits per heavy atom. The number of amides is 1. The van der Waals surface area contributed by atoms with Gasteiger partial charge < -0.3 is 20.2 Å². The minimum Gasteiger partial charge on any atom is -0.475 e. The number of carbonyl (C=O) groups excluding carboxylic acids is 1. The molecule has 2 aromatic heterocycles. The van der Waals surface area contributed by atoms with Crippen molar-refractivity contribution in [2.45, 2.75) is 37.3 Å². The van der Waals surface area contributed by atoms with E-state index in [1.807, 2.05) is 12.1 Å². The van der Waals surface area contributed by atoms with E-state index < -0.39 is 30.4 Å². The second-order valence-corrected chi connectivity index (χ2v) is 6.83. The molecule has 1 amide bonds. The van der Waals surface area contributed by atoms with Gasteiger partial charge in [-0.2, -0.15) is 26.3 Å². The Balaban J connectivity index is 0.000000362. The summed E-state index contributed by atoms with van der Waals surface area (Å²) in [5.74, 6) is -5.59. The molecule has 1 fully saturated rings. The van der Waals surface area contributed by atoms with Gasteiger partial charge in [0.25, 0.3) is 5.91 Å². The number of aliphatic hydroxyl groups is 1. The van der Waals surface area contributed by atoms with E-state index in [1.54, 1.807) is 41.8 Å². The fourth-order valence-electron chi connectivity index (χ4n) is 2.75. The van der Waals surface area contributed by atoms with Crippen LogP contribution in [-0.4, -0.2) is 79.1 Å². The monoisotopic (exact) mass is 511 g/mol. The predicted molar refractivity (Wildman–Crippen MR) is 105 cm³/mol. The van der Waals surface area contributed by atoms with Crippen LogP contribution in [0.3, 0.4) is 0 Å². The lowest BCUT2D eigenvalue weighted by Crippen LogP contribution is -2.41. The number of carbonyl (C=O) groups is 3. The number of carboxylic acids is 2. The normalized spacial score (nSPS) is 17.4. The molecule has 1 aliphatic heterocycles. The number of aliphatic hydroxyl groups excluding tert-OH is 1. The number of likely N-dealkylation sites (tertiary alicyclic amines) is 1. The van der Waals surface area contributed by atoms with Crippen molar-refractivity contribution >= 4 is 17.8 Å². The van der Waals surface area contributed by atoms with Gasteiger partial charge in [0, 0.05) is 31.3 Å². The van der Waals surface area contributed by atoms with Crippen LogP contribution in [0.2, 0.25) is 0 Å². The Labute approximate surface area is 193 Å². The quantitative estimate of drug-likeness (QED) is 0.534. The summed E-state index contributed by atoms with van der Waals surface area (Å²) >= 11 is 0. The van der Waals surface area contributed by atoms with Crippen molar-refractivity contribution in [3.63, 3.8) is 0 Å². The molecule has 3 N–H and O–H groups in total.